The van der Waals surface area contributed by atoms with E-state index in [4.69, 9.17) is 4.74 Å². The molecule has 0 aromatic carbocycles. The highest BCUT2D eigenvalue weighted by molar-refractivity contribution is 5.19. The highest BCUT2D eigenvalue weighted by atomic mass is 16.5. The predicted octanol–water partition coefficient (Wildman–Crippen LogP) is 1.76. The van der Waals surface area contributed by atoms with Crippen molar-refractivity contribution < 1.29 is 9.84 Å². The van der Waals surface area contributed by atoms with E-state index >= 15 is 0 Å². The Morgan fingerprint density at radius 2 is 2.18 bits per heavy atom. The average molecular weight is 230 g/mol. The maximum absolute atomic E-state index is 10.0. The summed E-state index contributed by atoms with van der Waals surface area (Å²) in [5.74, 6) is 0.507. The third kappa shape index (κ3) is 3.01. The second-order valence-electron chi connectivity index (χ2n) is 3.69. The minimum Gasteiger partial charge on any atom is -0.481 e. The van der Waals surface area contributed by atoms with Gasteiger partial charge in [-0.05, 0) is 17.7 Å². The lowest BCUT2D eigenvalue weighted by Gasteiger charge is -2.10. The van der Waals surface area contributed by atoms with E-state index in [-0.39, 0.29) is 0 Å². The summed E-state index contributed by atoms with van der Waals surface area (Å²) in [5, 5.41) is 10.0. The van der Waals surface area contributed by atoms with Crippen LogP contribution in [-0.2, 0) is 6.42 Å². The number of methoxy groups -OCH3 is 1. The van der Waals surface area contributed by atoms with Crippen LogP contribution >= 0.6 is 0 Å². The van der Waals surface area contributed by atoms with Crippen LogP contribution < -0.4 is 4.74 Å². The Morgan fingerprint density at radius 1 is 1.29 bits per heavy atom. The van der Waals surface area contributed by atoms with Crippen LogP contribution in [0.2, 0.25) is 0 Å². The molecule has 0 radical (unpaired) electrons. The van der Waals surface area contributed by atoms with Crippen LogP contribution in [0.1, 0.15) is 17.4 Å². The van der Waals surface area contributed by atoms with Crippen molar-refractivity contribution in [2.75, 3.05) is 7.11 Å². The highest BCUT2D eigenvalue weighted by Crippen LogP contribution is 2.18. The molecule has 2 aromatic rings. The first-order chi connectivity index (χ1) is 8.29. The minimum atomic E-state index is -0.644. The molecule has 1 unspecified atom stereocenters. The predicted molar refractivity (Wildman–Crippen MR) is 63.7 cm³/mol. The van der Waals surface area contributed by atoms with Crippen molar-refractivity contribution in [3.8, 4) is 5.88 Å². The fourth-order valence-electron chi connectivity index (χ4n) is 1.58. The lowest BCUT2D eigenvalue weighted by atomic mass is 10.1. The molecule has 0 amide bonds. The number of nitrogens with zero attached hydrogens (tertiary/aromatic N) is 2. The second kappa shape index (κ2) is 5.41. The highest BCUT2D eigenvalue weighted by Gasteiger charge is 2.10. The smallest absolute Gasteiger partial charge is 0.213 e. The van der Waals surface area contributed by atoms with Gasteiger partial charge in [-0.1, -0.05) is 12.1 Å². The number of hydrogen-bond acceptors (Lipinski definition) is 4. The Labute approximate surface area is 99.9 Å². The van der Waals surface area contributed by atoms with Crippen molar-refractivity contribution in [2.45, 2.75) is 12.5 Å². The topological polar surface area (TPSA) is 55.2 Å². The molecule has 0 saturated heterocycles. The molecule has 1 N–H and O–H groups in total. The summed E-state index contributed by atoms with van der Waals surface area (Å²) in [6.07, 6.45) is 3.30. The maximum Gasteiger partial charge on any atom is 0.213 e. The zero-order chi connectivity index (χ0) is 12.1. The van der Waals surface area contributed by atoms with Crippen LogP contribution in [0, 0.1) is 0 Å². The van der Waals surface area contributed by atoms with Crippen LogP contribution in [0.3, 0.4) is 0 Å². The molecular weight excluding hydrogens is 216 g/mol. The van der Waals surface area contributed by atoms with Gasteiger partial charge in [0.25, 0.3) is 0 Å². The Hall–Kier alpha value is -1.94. The first kappa shape index (κ1) is 11.5. The molecule has 0 aliphatic carbocycles. The zero-order valence-corrected chi connectivity index (χ0v) is 9.58. The summed E-state index contributed by atoms with van der Waals surface area (Å²) in [5.41, 5.74) is 1.58. The summed E-state index contributed by atoms with van der Waals surface area (Å²) in [4.78, 5) is 8.20. The van der Waals surface area contributed by atoms with E-state index in [1.54, 1.807) is 31.6 Å². The van der Waals surface area contributed by atoms with Gasteiger partial charge in [0.15, 0.2) is 0 Å². The minimum absolute atomic E-state index is 0.494. The van der Waals surface area contributed by atoms with Gasteiger partial charge in [-0.25, -0.2) is 4.98 Å². The van der Waals surface area contributed by atoms with Crippen molar-refractivity contribution in [3.05, 3.63) is 54.0 Å². The Kier molecular flexibility index (Phi) is 3.67. The number of aliphatic hydroxyl groups excluding tert-OH is 1. The van der Waals surface area contributed by atoms with Gasteiger partial charge >= 0.3 is 0 Å². The first-order valence-electron chi connectivity index (χ1n) is 5.37. The lowest BCUT2D eigenvalue weighted by molar-refractivity contribution is 0.172. The van der Waals surface area contributed by atoms with E-state index in [1.165, 1.54) is 0 Å². The van der Waals surface area contributed by atoms with E-state index in [1.807, 2.05) is 18.2 Å². The SMILES string of the molecule is COc1cccc(C(O)Cc2cccnc2)n1. The molecule has 2 rings (SSSR count). The number of ether oxygens (including phenoxy) is 1. The van der Waals surface area contributed by atoms with Gasteiger partial charge in [-0.2, -0.15) is 0 Å². The van der Waals surface area contributed by atoms with Gasteiger partial charge in [-0.3, -0.25) is 4.98 Å². The molecule has 4 heteroatoms. The molecule has 0 aliphatic rings. The van der Waals surface area contributed by atoms with E-state index in [0.29, 0.717) is 18.0 Å². The van der Waals surface area contributed by atoms with Crippen molar-refractivity contribution >= 4 is 0 Å². The van der Waals surface area contributed by atoms with Crippen molar-refractivity contribution in [1.29, 1.82) is 0 Å². The Balaban J connectivity index is 2.11. The van der Waals surface area contributed by atoms with E-state index in [2.05, 4.69) is 9.97 Å². The summed E-state index contributed by atoms with van der Waals surface area (Å²) in [6.45, 7) is 0. The Bertz CT molecular complexity index is 474. The number of aromatic nitrogens is 2. The van der Waals surface area contributed by atoms with Crippen LogP contribution in [-0.4, -0.2) is 22.2 Å². The van der Waals surface area contributed by atoms with Gasteiger partial charge in [-0.15, -0.1) is 0 Å². The van der Waals surface area contributed by atoms with E-state index in [9.17, 15) is 5.11 Å². The van der Waals surface area contributed by atoms with Crippen LogP contribution in [0.4, 0.5) is 0 Å². The van der Waals surface area contributed by atoms with Gasteiger partial charge in [0.1, 0.15) is 6.10 Å². The van der Waals surface area contributed by atoms with Crippen molar-refractivity contribution in [2.24, 2.45) is 0 Å². The molecule has 1 atom stereocenters. The van der Waals surface area contributed by atoms with Gasteiger partial charge in [0, 0.05) is 24.9 Å². The van der Waals surface area contributed by atoms with Crippen LogP contribution in [0.5, 0.6) is 5.88 Å². The quantitative estimate of drug-likeness (QED) is 0.869. The third-order valence-electron chi connectivity index (χ3n) is 2.45. The van der Waals surface area contributed by atoms with E-state index < -0.39 is 6.10 Å². The summed E-state index contributed by atoms with van der Waals surface area (Å²) >= 11 is 0. The number of hydrogen-bond donors (Lipinski definition) is 1. The fourth-order valence-corrected chi connectivity index (χ4v) is 1.58. The molecule has 0 spiro atoms. The first-order valence-corrected chi connectivity index (χ1v) is 5.37. The normalized spacial score (nSPS) is 12.1. The molecule has 0 saturated carbocycles. The van der Waals surface area contributed by atoms with Gasteiger partial charge in [0.05, 0.1) is 12.8 Å². The molecule has 88 valence electrons. The molecule has 2 aromatic heterocycles. The summed E-state index contributed by atoms with van der Waals surface area (Å²) in [7, 11) is 1.56. The van der Waals surface area contributed by atoms with Crippen LogP contribution in [0.25, 0.3) is 0 Å². The molecule has 0 fully saturated rings. The zero-order valence-electron chi connectivity index (χ0n) is 9.58. The maximum atomic E-state index is 10.0. The van der Waals surface area contributed by atoms with Gasteiger partial charge in [0.2, 0.25) is 5.88 Å². The van der Waals surface area contributed by atoms with Crippen molar-refractivity contribution in [1.82, 2.24) is 9.97 Å². The van der Waals surface area contributed by atoms with Gasteiger partial charge < -0.3 is 9.84 Å². The molecule has 2 heterocycles. The molecular formula is C13H14N2O2. The summed E-state index contributed by atoms with van der Waals surface area (Å²) < 4.78 is 5.02. The summed E-state index contributed by atoms with van der Waals surface area (Å²) in [6, 6.07) is 9.12. The molecule has 0 aliphatic heterocycles. The molecule has 4 nitrogen and oxygen atoms in total. The number of pyridine rings is 2. The van der Waals surface area contributed by atoms with Crippen LogP contribution in [0.15, 0.2) is 42.7 Å². The van der Waals surface area contributed by atoms with E-state index in [0.717, 1.165) is 5.56 Å². The fraction of sp³-hybridized carbons (Fsp3) is 0.231. The second-order valence-corrected chi connectivity index (χ2v) is 3.69. The largest absolute Gasteiger partial charge is 0.481 e. The average Bonchev–Trinajstić information content (AvgIpc) is 2.40. The monoisotopic (exact) mass is 230 g/mol. The third-order valence-corrected chi connectivity index (χ3v) is 2.45. The molecule has 17 heavy (non-hydrogen) atoms. The lowest BCUT2D eigenvalue weighted by Crippen LogP contribution is -2.05. The standard InChI is InChI=1S/C13H14N2O2/c1-17-13-6-2-5-11(15-13)12(16)8-10-4-3-7-14-9-10/h2-7,9,12,16H,8H2,1H3. The number of aliphatic hydroxyl groups is 1. The molecule has 0 bridgehead atoms. The Morgan fingerprint density at radius 3 is 2.88 bits per heavy atom. The number of rotatable bonds is 4. The van der Waals surface area contributed by atoms with Crippen molar-refractivity contribution in [3.63, 3.8) is 0 Å².